The Labute approximate surface area is 244 Å². The Hall–Kier alpha value is -5.60. The molecule has 0 saturated carbocycles. The molecule has 1 aromatic heterocycles. The molecule has 0 amide bonds. The van der Waals surface area contributed by atoms with Crippen LogP contribution in [0.15, 0.2) is 168 Å². The zero-order valence-corrected chi connectivity index (χ0v) is 22.9. The van der Waals surface area contributed by atoms with Gasteiger partial charge in [0.05, 0.1) is 0 Å². The molecule has 0 spiro atoms. The quantitative estimate of drug-likeness (QED) is 0.217. The Morgan fingerprint density at radius 1 is 0.381 bits per heavy atom. The van der Waals surface area contributed by atoms with Gasteiger partial charge in [0.2, 0.25) is 0 Å². The monoisotopic (exact) mass is 537 g/mol. The second kappa shape index (κ2) is 10.1. The van der Waals surface area contributed by atoms with Gasteiger partial charge in [-0.1, -0.05) is 121 Å². The van der Waals surface area contributed by atoms with Gasteiger partial charge in [0, 0.05) is 33.4 Å². The molecule has 0 aliphatic heterocycles. The minimum atomic E-state index is 0.913. The Morgan fingerprint density at radius 2 is 1.00 bits per heavy atom. The highest BCUT2D eigenvalue weighted by Gasteiger charge is 2.16. The fourth-order valence-electron chi connectivity index (χ4n) is 6.06. The van der Waals surface area contributed by atoms with E-state index in [1.54, 1.807) is 0 Å². The van der Waals surface area contributed by atoms with Gasteiger partial charge in [0.1, 0.15) is 11.2 Å². The van der Waals surface area contributed by atoms with Crippen molar-refractivity contribution in [3.63, 3.8) is 0 Å². The van der Waals surface area contributed by atoms with Crippen LogP contribution in [0, 0.1) is 0 Å². The number of hydrogen-bond donors (Lipinski definition) is 0. The van der Waals surface area contributed by atoms with Gasteiger partial charge in [-0.2, -0.15) is 0 Å². The summed E-state index contributed by atoms with van der Waals surface area (Å²) in [5, 5.41) is 4.75. The van der Waals surface area contributed by atoms with Crippen molar-refractivity contribution >= 4 is 49.8 Å². The first-order valence-electron chi connectivity index (χ1n) is 14.3. The Bertz CT molecular complexity index is 2190. The van der Waals surface area contributed by atoms with E-state index in [1.807, 2.05) is 12.1 Å². The molecule has 0 fully saturated rings. The van der Waals surface area contributed by atoms with Gasteiger partial charge in [0.15, 0.2) is 0 Å². The fourth-order valence-corrected chi connectivity index (χ4v) is 6.06. The molecule has 198 valence electrons. The molecule has 1 heterocycles. The molecule has 8 aromatic rings. The van der Waals surface area contributed by atoms with Gasteiger partial charge in [-0.15, -0.1) is 0 Å². The highest BCUT2D eigenvalue weighted by atomic mass is 16.3. The van der Waals surface area contributed by atoms with Crippen LogP contribution in [0.3, 0.4) is 0 Å². The summed E-state index contributed by atoms with van der Waals surface area (Å²) in [4.78, 5) is 2.32. The number of nitrogens with zero attached hydrogens (tertiary/aromatic N) is 1. The summed E-state index contributed by atoms with van der Waals surface area (Å²) >= 11 is 0. The molecule has 0 aliphatic rings. The summed E-state index contributed by atoms with van der Waals surface area (Å²) < 4.78 is 6.40. The zero-order chi connectivity index (χ0) is 27.9. The molecule has 0 N–H and O–H groups in total. The van der Waals surface area contributed by atoms with Gasteiger partial charge in [-0.05, 0) is 69.9 Å². The van der Waals surface area contributed by atoms with Crippen LogP contribution >= 0.6 is 0 Å². The lowest BCUT2D eigenvalue weighted by atomic mass is 9.93. The second-order valence-electron chi connectivity index (χ2n) is 10.6. The first-order valence-corrected chi connectivity index (χ1v) is 14.3. The van der Waals surface area contributed by atoms with E-state index in [0.717, 1.165) is 55.7 Å². The molecule has 0 atom stereocenters. The number of fused-ring (bicyclic) bond motifs is 4. The minimum Gasteiger partial charge on any atom is -0.455 e. The number of para-hydroxylation sites is 3. The molecule has 0 unspecified atom stereocenters. The molecule has 2 nitrogen and oxygen atoms in total. The number of hydrogen-bond acceptors (Lipinski definition) is 2. The van der Waals surface area contributed by atoms with Crippen LogP contribution in [0.1, 0.15) is 0 Å². The highest BCUT2D eigenvalue weighted by Crippen LogP contribution is 2.41. The topological polar surface area (TPSA) is 16.4 Å². The maximum Gasteiger partial charge on any atom is 0.143 e. The Kier molecular flexibility index (Phi) is 5.82. The van der Waals surface area contributed by atoms with E-state index in [9.17, 15) is 0 Å². The van der Waals surface area contributed by atoms with Gasteiger partial charge >= 0.3 is 0 Å². The molecule has 8 rings (SSSR count). The molecule has 7 aromatic carbocycles. The summed E-state index contributed by atoms with van der Waals surface area (Å²) in [7, 11) is 0. The van der Waals surface area contributed by atoms with Crippen LogP contribution in [-0.4, -0.2) is 0 Å². The van der Waals surface area contributed by atoms with E-state index in [0.29, 0.717) is 0 Å². The third-order valence-corrected chi connectivity index (χ3v) is 8.06. The van der Waals surface area contributed by atoms with Crippen molar-refractivity contribution in [3.8, 4) is 22.3 Å². The lowest BCUT2D eigenvalue weighted by Crippen LogP contribution is -2.09. The van der Waals surface area contributed by atoms with E-state index < -0.39 is 0 Å². The second-order valence-corrected chi connectivity index (χ2v) is 10.6. The minimum absolute atomic E-state index is 0.913. The summed E-state index contributed by atoms with van der Waals surface area (Å²) in [5.41, 5.74) is 9.79. The van der Waals surface area contributed by atoms with Gasteiger partial charge < -0.3 is 9.32 Å². The first-order chi connectivity index (χ1) is 20.8. The van der Waals surface area contributed by atoms with Crippen molar-refractivity contribution in [2.24, 2.45) is 0 Å². The maximum atomic E-state index is 6.40. The molecule has 42 heavy (non-hydrogen) atoms. The Morgan fingerprint density at radius 3 is 1.86 bits per heavy atom. The van der Waals surface area contributed by atoms with Crippen molar-refractivity contribution in [2.45, 2.75) is 0 Å². The van der Waals surface area contributed by atoms with Crippen LogP contribution in [0.4, 0.5) is 17.1 Å². The average molecular weight is 538 g/mol. The van der Waals surface area contributed by atoms with Gasteiger partial charge in [-0.3, -0.25) is 0 Å². The van der Waals surface area contributed by atoms with E-state index in [2.05, 4.69) is 157 Å². The number of anilines is 3. The molecule has 2 heteroatoms. The van der Waals surface area contributed by atoms with Crippen LogP contribution in [0.25, 0.3) is 55.0 Å². The van der Waals surface area contributed by atoms with Crippen molar-refractivity contribution in [2.75, 3.05) is 4.90 Å². The molecule has 0 radical (unpaired) electrons. The first kappa shape index (κ1) is 24.2. The van der Waals surface area contributed by atoms with Crippen molar-refractivity contribution in [1.29, 1.82) is 0 Å². The molecule has 0 saturated heterocycles. The lowest BCUT2D eigenvalue weighted by molar-refractivity contribution is 0.670. The van der Waals surface area contributed by atoms with E-state index in [4.69, 9.17) is 4.42 Å². The van der Waals surface area contributed by atoms with Crippen molar-refractivity contribution in [3.05, 3.63) is 164 Å². The van der Waals surface area contributed by atoms with Crippen LogP contribution < -0.4 is 4.90 Å². The highest BCUT2D eigenvalue weighted by molar-refractivity contribution is 6.10. The third kappa shape index (κ3) is 4.13. The number of furan rings is 1. The molecule has 0 aliphatic carbocycles. The van der Waals surface area contributed by atoms with E-state index in [1.165, 1.54) is 16.3 Å². The SMILES string of the molecule is c1ccc(N(c2ccc(-c3ccccc3-c3cccc4c3oc3ccccc34)cc2)c2ccc3ccccc3c2)cc1. The summed E-state index contributed by atoms with van der Waals surface area (Å²) in [6.07, 6.45) is 0. The smallest absolute Gasteiger partial charge is 0.143 e. The maximum absolute atomic E-state index is 6.40. The normalized spacial score (nSPS) is 11.3. The number of benzene rings is 7. The Balaban J connectivity index is 1.23. The van der Waals surface area contributed by atoms with Crippen LogP contribution in [0.2, 0.25) is 0 Å². The average Bonchev–Trinajstić information content (AvgIpc) is 3.45. The van der Waals surface area contributed by atoms with E-state index >= 15 is 0 Å². The number of rotatable bonds is 5. The fraction of sp³-hybridized carbons (Fsp3) is 0. The predicted molar refractivity (Wildman–Crippen MR) is 177 cm³/mol. The molecular weight excluding hydrogens is 510 g/mol. The molecular formula is C40H27NO. The predicted octanol–water partition coefficient (Wildman–Crippen LogP) is 11.5. The third-order valence-electron chi connectivity index (χ3n) is 8.06. The standard InChI is InChI=1S/C40H27NO/c1-2-13-31(14-3-1)41(33-26-21-28-11-4-5-12-30(28)27-33)32-24-22-29(23-25-32)34-15-6-7-16-35(34)37-18-10-19-38-36-17-8-9-20-39(36)42-40(37)38/h1-27H. The van der Waals surface area contributed by atoms with Crippen molar-refractivity contribution < 1.29 is 4.42 Å². The van der Waals surface area contributed by atoms with Gasteiger partial charge in [0.25, 0.3) is 0 Å². The lowest BCUT2D eigenvalue weighted by Gasteiger charge is -2.26. The molecule has 0 bridgehead atoms. The summed E-state index contributed by atoms with van der Waals surface area (Å²) in [6, 6.07) is 57.9. The van der Waals surface area contributed by atoms with Crippen LogP contribution in [-0.2, 0) is 0 Å². The zero-order valence-electron chi connectivity index (χ0n) is 22.9. The largest absolute Gasteiger partial charge is 0.455 e. The van der Waals surface area contributed by atoms with Crippen molar-refractivity contribution in [1.82, 2.24) is 0 Å². The summed E-state index contributed by atoms with van der Waals surface area (Å²) in [6.45, 7) is 0. The van der Waals surface area contributed by atoms with E-state index in [-0.39, 0.29) is 0 Å². The van der Waals surface area contributed by atoms with Gasteiger partial charge in [-0.25, -0.2) is 0 Å². The summed E-state index contributed by atoms with van der Waals surface area (Å²) in [5.74, 6) is 0. The van der Waals surface area contributed by atoms with Crippen LogP contribution in [0.5, 0.6) is 0 Å².